The number of nitrogens with zero attached hydrogens (tertiary/aromatic N) is 1. The minimum Gasteiger partial charge on any atom is -0.309 e. The number of halogens is 1. The quantitative estimate of drug-likeness (QED) is 0.933. The van der Waals surface area contributed by atoms with Crippen LogP contribution in [0.25, 0.3) is 0 Å². The predicted molar refractivity (Wildman–Crippen MR) is 78.8 cm³/mol. The highest BCUT2D eigenvalue weighted by Crippen LogP contribution is 2.31. The number of pyridine rings is 1. The van der Waals surface area contributed by atoms with E-state index in [2.05, 4.69) is 58.3 Å². The normalized spacial score (nSPS) is 12.4. The standard InChI is InChI=1S/C15H17BrN2/c1-10-7-8-18-9-13(10)15(17-3)12-6-4-5-11(2)14(12)16/h4-9,15,17H,1-3H3. The van der Waals surface area contributed by atoms with Crippen molar-refractivity contribution < 1.29 is 0 Å². The number of aryl methyl sites for hydroxylation is 2. The smallest absolute Gasteiger partial charge is 0.0603 e. The van der Waals surface area contributed by atoms with Crippen molar-refractivity contribution in [2.45, 2.75) is 19.9 Å². The third-order valence-electron chi connectivity index (χ3n) is 3.21. The molecule has 0 fully saturated rings. The van der Waals surface area contributed by atoms with Crippen LogP contribution in [0, 0.1) is 13.8 Å². The Morgan fingerprint density at radius 3 is 2.56 bits per heavy atom. The zero-order valence-electron chi connectivity index (χ0n) is 10.9. The van der Waals surface area contributed by atoms with Crippen molar-refractivity contribution in [3.63, 3.8) is 0 Å². The van der Waals surface area contributed by atoms with Crippen LogP contribution in [-0.2, 0) is 0 Å². The number of hydrogen-bond acceptors (Lipinski definition) is 2. The van der Waals surface area contributed by atoms with Gasteiger partial charge in [-0.05, 0) is 49.2 Å². The summed E-state index contributed by atoms with van der Waals surface area (Å²) in [4.78, 5) is 4.24. The molecule has 1 atom stereocenters. The zero-order valence-corrected chi connectivity index (χ0v) is 12.5. The topological polar surface area (TPSA) is 24.9 Å². The molecule has 0 radical (unpaired) electrons. The summed E-state index contributed by atoms with van der Waals surface area (Å²) in [5.74, 6) is 0. The molecule has 0 aliphatic rings. The summed E-state index contributed by atoms with van der Waals surface area (Å²) in [5, 5.41) is 3.37. The fraction of sp³-hybridized carbons (Fsp3) is 0.267. The lowest BCUT2D eigenvalue weighted by molar-refractivity contribution is 0.681. The maximum absolute atomic E-state index is 4.24. The summed E-state index contributed by atoms with van der Waals surface area (Å²) in [6.07, 6.45) is 3.77. The molecule has 94 valence electrons. The second-order valence-corrected chi connectivity index (χ2v) is 5.23. The van der Waals surface area contributed by atoms with E-state index < -0.39 is 0 Å². The van der Waals surface area contributed by atoms with Gasteiger partial charge < -0.3 is 5.32 Å². The van der Waals surface area contributed by atoms with E-state index in [0.29, 0.717) is 0 Å². The molecule has 3 heteroatoms. The van der Waals surface area contributed by atoms with Gasteiger partial charge in [0.1, 0.15) is 0 Å². The fourth-order valence-corrected chi connectivity index (χ4v) is 2.64. The minimum absolute atomic E-state index is 0.160. The van der Waals surface area contributed by atoms with E-state index in [1.165, 1.54) is 22.3 Å². The minimum atomic E-state index is 0.160. The van der Waals surface area contributed by atoms with Crippen LogP contribution in [0.1, 0.15) is 28.3 Å². The monoisotopic (exact) mass is 304 g/mol. The van der Waals surface area contributed by atoms with Gasteiger partial charge in [-0.1, -0.05) is 34.1 Å². The SMILES string of the molecule is CNC(c1cnccc1C)c1cccc(C)c1Br. The van der Waals surface area contributed by atoms with Gasteiger partial charge in [0.2, 0.25) is 0 Å². The molecule has 0 aliphatic heterocycles. The molecule has 18 heavy (non-hydrogen) atoms. The molecule has 1 aromatic heterocycles. The van der Waals surface area contributed by atoms with Crippen molar-refractivity contribution in [3.8, 4) is 0 Å². The van der Waals surface area contributed by atoms with Gasteiger partial charge in [-0.15, -0.1) is 0 Å². The Labute approximate surface area is 117 Å². The first-order valence-electron chi connectivity index (χ1n) is 5.98. The van der Waals surface area contributed by atoms with Crippen molar-refractivity contribution in [2.75, 3.05) is 7.05 Å². The molecule has 2 nitrogen and oxygen atoms in total. The van der Waals surface area contributed by atoms with Gasteiger partial charge in [-0.2, -0.15) is 0 Å². The molecule has 0 saturated carbocycles. The van der Waals surface area contributed by atoms with Crippen LogP contribution < -0.4 is 5.32 Å². The van der Waals surface area contributed by atoms with Crippen LogP contribution in [0.2, 0.25) is 0 Å². The number of hydrogen-bond donors (Lipinski definition) is 1. The van der Waals surface area contributed by atoms with Crippen molar-refractivity contribution in [3.05, 3.63) is 63.4 Å². The molecule has 0 saturated heterocycles. The summed E-state index contributed by atoms with van der Waals surface area (Å²) < 4.78 is 1.16. The Morgan fingerprint density at radius 2 is 1.89 bits per heavy atom. The molecule has 0 bridgehead atoms. The fourth-order valence-electron chi connectivity index (χ4n) is 2.15. The van der Waals surface area contributed by atoms with Crippen molar-refractivity contribution in [1.82, 2.24) is 10.3 Å². The second kappa shape index (κ2) is 5.63. The molecule has 1 N–H and O–H groups in total. The van der Waals surface area contributed by atoms with E-state index in [1.54, 1.807) is 0 Å². The van der Waals surface area contributed by atoms with Gasteiger partial charge in [-0.25, -0.2) is 0 Å². The lowest BCUT2D eigenvalue weighted by Crippen LogP contribution is -2.19. The summed E-state index contributed by atoms with van der Waals surface area (Å²) in [6.45, 7) is 4.22. The Morgan fingerprint density at radius 1 is 1.11 bits per heavy atom. The molecule has 2 aromatic rings. The number of nitrogens with one attached hydrogen (secondary N) is 1. The van der Waals surface area contributed by atoms with E-state index in [1.807, 2.05) is 25.5 Å². The molecule has 1 aromatic carbocycles. The van der Waals surface area contributed by atoms with Gasteiger partial charge in [-0.3, -0.25) is 4.98 Å². The first-order chi connectivity index (χ1) is 8.65. The summed E-state index contributed by atoms with van der Waals surface area (Å²) in [7, 11) is 1.98. The van der Waals surface area contributed by atoms with Crippen LogP contribution in [0.5, 0.6) is 0 Å². The molecular weight excluding hydrogens is 288 g/mol. The Kier molecular flexibility index (Phi) is 4.15. The van der Waals surface area contributed by atoms with Crippen LogP contribution in [0.15, 0.2) is 41.1 Å². The van der Waals surface area contributed by atoms with E-state index in [-0.39, 0.29) is 6.04 Å². The van der Waals surface area contributed by atoms with Crippen LogP contribution in [0.3, 0.4) is 0 Å². The summed E-state index contributed by atoms with van der Waals surface area (Å²) in [6, 6.07) is 8.55. The lowest BCUT2D eigenvalue weighted by atomic mass is 9.96. The largest absolute Gasteiger partial charge is 0.309 e. The highest BCUT2D eigenvalue weighted by Gasteiger charge is 2.17. The van der Waals surface area contributed by atoms with Crippen molar-refractivity contribution in [1.29, 1.82) is 0 Å². The maximum atomic E-state index is 4.24. The first-order valence-corrected chi connectivity index (χ1v) is 6.77. The van der Waals surface area contributed by atoms with Crippen LogP contribution >= 0.6 is 15.9 Å². The van der Waals surface area contributed by atoms with E-state index in [0.717, 1.165) is 4.47 Å². The zero-order chi connectivity index (χ0) is 13.1. The molecule has 0 spiro atoms. The molecule has 1 heterocycles. The van der Waals surface area contributed by atoms with Crippen molar-refractivity contribution in [2.24, 2.45) is 0 Å². The predicted octanol–water partition coefficient (Wildman–Crippen LogP) is 3.77. The highest BCUT2D eigenvalue weighted by molar-refractivity contribution is 9.10. The first kappa shape index (κ1) is 13.2. The van der Waals surface area contributed by atoms with Gasteiger partial charge >= 0.3 is 0 Å². The van der Waals surface area contributed by atoms with Crippen LogP contribution in [-0.4, -0.2) is 12.0 Å². The van der Waals surface area contributed by atoms with E-state index in [4.69, 9.17) is 0 Å². The van der Waals surface area contributed by atoms with Gasteiger partial charge in [0.25, 0.3) is 0 Å². The average Bonchev–Trinajstić information content (AvgIpc) is 2.37. The number of benzene rings is 1. The van der Waals surface area contributed by atoms with Gasteiger partial charge in [0.15, 0.2) is 0 Å². The van der Waals surface area contributed by atoms with Crippen LogP contribution in [0.4, 0.5) is 0 Å². The number of rotatable bonds is 3. The summed E-state index contributed by atoms with van der Waals surface area (Å²) in [5.41, 5.74) is 4.95. The number of aromatic nitrogens is 1. The molecule has 0 amide bonds. The lowest BCUT2D eigenvalue weighted by Gasteiger charge is -2.21. The van der Waals surface area contributed by atoms with E-state index in [9.17, 15) is 0 Å². The third kappa shape index (κ3) is 2.47. The molecule has 2 rings (SSSR count). The van der Waals surface area contributed by atoms with E-state index >= 15 is 0 Å². The summed E-state index contributed by atoms with van der Waals surface area (Å²) >= 11 is 3.68. The average molecular weight is 305 g/mol. The van der Waals surface area contributed by atoms with Crippen molar-refractivity contribution >= 4 is 15.9 Å². The molecule has 0 aliphatic carbocycles. The Hall–Kier alpha value is -1.19. The third-order valence-corrected chi connectivity index (χ3v) is 4.30. The molecule has 1 unspecified atom stereocenters. The maximum Gasteiger partial charge on any atom is 0.0603 e. The Balaban J connectivity index is 2.53. The Bertz CT molecular complexity index is 552. The van der Waals surface area contributed by atoms with Gasteiger partial charge in [0.05, 0.1) is 6.04 Å². The van der Waals surface area contributed by atoms with Gasteiger partial charge in [0, 0.05) is 16.9 Å². The highest BCUT2D eigenvalue weighted by atomic mass is 79.9. The molecular formula is C15H17BrN2. The second-order valence-electron chi connectivity index (χ2n) is 4.43.